The van der Waals surface area contributed by atoms with Gasteiger partial charge in [0.2, 0.25) is 17.7 Å². The number of hydrogen-bond donors (Lipinski definition) is 4. The minimum atomic E-state index is -0.779. The van der Waals surface area contributed by atoms with Crippen molar-refractivity contribution in [2.24, 2.45) is 5.73 Å². The number of aliphatic carboxylic acids is 1. The van der Waals surface area contributed by atoms with Crippen LogP contribution < -0.4 is 16.4 Å². The topological polar surface area (TPSA) is 142 Å². The molecule has 9 nitrogen and oxygen atoms in total. The number of nitrogens with two attached hydrogens (primary N) is 1. The average Bonchev–Trinajstić information content (AvgIpc) is 3.26. The molecule has 1 aliphatic rings. The number of nitrogens with one attached hydrogen (secondary N) is 2. The van der Waals surface area contributed by atoms with Crippen LogP contribution in [-0.2, 0) is 19.2 Å². The van der Waals surface area contributed by atoms with Crippen LogP contribution in [0.5, 0.6) is 0 Å². The molecule has 1 rings (SSSR count). The van der Waals surface area contributed by atoms with Crippen molar-refractivity contribution in [2.45, 2.75) is 89.5 Å². The lowest BCUT2D eigenvalue weighted by Gasteiger charge is -2.24. The number of amides is 3. The van der Waals surface area contributed by atoms with Gasteiger partial charge in [0.05, 0.1) is 6.04 Å². The Morgan fingerprint density at radius 2 is 1.45 bits per heavy atom. The zero-order valence-corrected chi connectivity index (χ0v) is 18.7. The second kappa shape index (κ2) is 16.5. The molecule has 0 aliphatic carbocycles. The van der Waals surface area contributed by atoms with Crippen molar-refractivity contribution in [1.29, 1.82) is 0 Å². The van der Waals surface area contributed by atoms with Crippen LogP contribution in [-0.4, -0.2) is 65.9 Å². The van der Waals surface area contributed by atoms with Gasteiger partial charge in [0.25, 0.3) is 0 Å². The van der Waals surface area contributed by atoms with Gasteiger partial charge in [-0.15, -0.1) is 0 Å². The molecule has 5 N–H and O–H groups in total. The minimum absolute atomic E-state index is 0.0408. The van der Waals surface area contributed by atoms with Gasteiger partial charge in [-0.05, 0) is 51.5 Å². The molecule has 0 unspecified atom stereocenters. The molecule has 0 aromatic rings. The van der Waals surface area contributed by atoms with E-state index in [-0.39, 0.29) is 36.6 Å². The van der Waals surface area contributed by atoms with E-state index in [1.54, 1.807) is 0 Å². The first kappa shape index (κ1) is 26.9. The Kier molecular flexibility index (Phi) is 14.3. The number of unbranched alkanes of at least 4 members (excludes halogenated alkanes) is 5. The van der Waals surface area contributed by atoms with E-state index >= 15 is 0 Å². The molecule has 0 aromatic heterocycles. The van der Waals surface area contributed by atoms with Gasteiger partial charge < -0.3 is 26.4 Å². The van der Waals surface area contributed by atoms with Gasteiger partial charge in [0.15, 0.2) is 0 Å². The molecule has 178 valence electrons. The van der Waals surface area contributed by atoms with E-state index in [2.05, 4.69) is 10.6 Å². The minimum Gasteiger partial charge on any atom is -0.481 e. The third kappa shape index (κ3) is 13.7. The molecular weight excluding hydrogens is 400 g/mol. The highest BCUT2D eigenvalue weighted by atomic mass is 16.4. The van der Waals surface area contributed by atoms with Gasteiger partial charge in [-0.3, -0.25) is 19.2 Å². The highest BCUT2D eigenvalue weighted by molar-refractivity contribution is 5.83. The van der Waals surface area contributed by atoms with Crippen molar-refractivity contribution < 1.29 is 24.3 Å². The fourth-order valence-electron chi connectivity index (χ4n) is 3.69. The van der Waals surface area contributed by atoms with Gasteiger partial charge in [-0.25, -0.2) is 0 Å². The Bertz CT molecular complexity index is 564. The summed E-state index contributed by atoms with van der Waals surface area (Å²) >= 11 is 0. The van der Waals surface area contributed by atoms with E-state index in [0.717, 1.165) is 64.5 Å². The van der Waals surface area contributed by atoms with Crippen LogP contribution in [0, 0.1) is 0 Å². The van der Waals surface area contributed by atoms with Gasteiger partial charge in [-0.2, -0.15) is 0 Å². The first-order valence-electron chi connectivity index (χ1n) is 11.7. The van der Waals surface area contributed by atoms with Crippen LogP contribution in [0.4, 0.5) is 0 Å². The fraction of sp³-hybridized carbons (Fsp3) is 0.818. The van der Waals surface area contributed by atoms with E-state index in [1.165, 1.54) is 0 Å². The highest BCUT2D eigenvalue weighted by Crippen LogP contribution is 2.12. The number of hydrogen-bond acceptors (Lipinski definition) is 5. The third-order valence-corrected chi connectivity index (χ3v) is 5.51. The molecule has 3 amide bonds. The first-order valence-corrected chi connectivity index (χ1v) is 11.7. The van der Waals surface area contributed by atoms with Crippen LogP contribution in [0.25, 0.3) is 0 Å². The summed E-state index contributed by atoms with van der Waals surface area (Å²) < 4.78 is 0. The normalized spacial score (nSPS) is 14.4. The maximum Gasteiger partial charge on any atom is 0.303 e. The maximum absolute atomic E-state index is 12.6. The van der Waals surface area contributed by atoms with Crippen molar-refractivity contribution in [3.05, 3.63) is 0 Å². The fourth-order valence-corrected chi connectivity index (χ4v) is 3.69. The number of carbonyl (C=O) groups is 4. The van der Waals surface area contributed by atoms with E-state index in [9.17, 15) is 19.2 Å². The summed E-state index contributed by atoms with van der Waals surface area (Å²) in [6.07, 6.45) is 9.28. The Labute approximate surface area is 185 Å². The van der Waals surface area contributed by atoms with Gasteiger partial charge >= 0.3 is 5.97 Å². The summed E-state index contributed by atoms with van der Waals surface area (Å²) in [5.41, 5.74) is 5.25. The number of carboxylic acids is 1. The van der Waals surface area contributed by atoms with Crippen molar-refractivity contribution >= 4 is 23.7 Å². The van der Waals surface area contributed by atoms with Crippen LogP contribution >= 0.6 is 0 Å². The zero-order chi connectivity index (χ0) is 22.9. The second-order valence-corrected chi connectivity index (χ2v) is 8.26. The van der Waals surface area contributed by atoms with E-state index in [1.807, 2.05) is 4.90 Å². The van der Waals surface area contributed by atoms with Crippen molar-refractivity contribution in [3.63, 3.8) is 0 Å². The SMILES string of the molecule is NC(=O)CC[C@H](NCCCCCCC(=O)NCCCCCC(=O)O)C(=O)N1CCCC1. The molecule has 31 heavy (non-hydrogen) atoms. The largest absolute Gasteiger partial charge is 0.481 e. The number of likely N-dealkylation sites (tertiary alicyclic amines) is 1. The predicted molar refractivity (Wildman–Crippen MR) is 118 cm³/mol. The molecule has 0 saturated carbocycles. The lowest BCUT2D eigenvalue weighted by atomic mass is 10.1. The summed E-state index contributed by atoms with van der Waals surface area (Å²) in [7, 11) is 0. The second-order valence-electron chi connectivity index (χ2n) is 8.26. The molecule has 1 atom stereocenters. The van der Waals surface area contributed by atoms with Crippen molar-refractivity contribution in [2.75, 3.05) is 26.2 Å². The average molecular weight is 441 g/mol. The number of nitrogens with zero attached hydrogens (tertiary/aromatic N) is 1. The van der Waals surface area contributed by atoms with E-state index < -0.39 is 5.97 Å². The lowest BCUT2D eigenvalue weighted by Crippen LogP contribution is -2.46. The molecule has 0 aromatic carbocycles. The molecule has 0 bridgehead atoms. The summed E-state index contributed by atoms with van der Waals surface area (Å²) in [5.74, 6) is -1.06. The van der Waals surface area contributed by atoms with Crippen LogP contribution in [0.15, 0.2) is 0 Å². The molecule has 0 radical (unpaired) electrons. The predicted octanol–water partition coefficient (Wildman–Crippen LogP) is 1.54. The van der Waals surface area contributed by atoms with Gasteiger partial charge in [0.1, 0.15) is 0 Å². The number of carboxylic acid groups (broad SMARTS) is 1. The Morgan fingerprint density at radius 3 is 2.13 bits per heavy atom. The molecule has 1 saturated heterocycles. The van der Waals surface area contributed by atoms with Crippen molar-refractivity contribution in [1.82, 2.24) is 15.5 Å². The lowest BCUT2D eigenvalue weighted by molar-refractivity contribution is -0.137. The van der Waals surface area contributed by atoms with E-state index in [4.69, 9.17) is 10.8 Å². The number of rotatable bonds is 18. The van der Waals surface area contributed by atoms with Crippen molar-refractivity contribution in [3.8, 4) is 0 Å². The monoisotopic (exact) mass is 440 g/mol. The molecule has 0 spiro atoms. The molecule has 1 heterocycles. The Hall–Kier alpha value is -2.16. The van der Waals surface area contributed by atoms with Gasteiger partial charge in [-0.1, -0.05) is 19.3 Å². The van der Waals surface area contributed by atoms with Crippen LogP contribution in [0.1, 0.15) is 83.5 Å². The summed E-state index contributed by atoms with van der Waals surface area (Å²) in [4.78, 5) is 47.8. The molecule has 1 fully saturated rings. The molecule has 1 aliphatic heterocycles. The third-order valence-electron chi connectivity index (χ3n) is 5.51. The molecular formula is C22H40N4O5. The zero-order valence-electron chi connectivity index (χ0n) is 18.7. The number of carbonyl (C=O) groups excluding carboxylic acids is 3. The summed E-state index contributed by atoms with van der Waals surface area (Å²) in [6, 6.07) is -0.355. The molecule has 9 heteroatoms. The summed E-state index contributed by atoms with van der Waals surface area (Å²) in [5, 5.41) is 14.7. The van der Waals surface area contributed by atoms with Crippen LogP contribution in [0.2, 0.25) is 0 Å². The Morgan fingerprint density at radius 1 is 0.839 bits per heavy atom. The van der Waals surface area contributed by atoms with E-state index in [0.29, 0.717) is 32.4 Å². The Balaban J connectivity index is 2.07. The highest BCUT2D eigenvalue weighted by Gasteiger charge is 2.26. The summed E-state index contributed by atoms with van der Waals surface area (Å²) in [6.45, 7) is 2.88. The number of primary amides is 1. The maximum atomic E-state index is 12.6. The van der Waals surface area contributed by atoms with Crippen LogP contribution in [0.3, 0.4) is 0 Å². The smallest absolute Gasteiger partial charge is 0.303 e. The quantitative estimate of drug-likeness (QED) is 0.238. The standard InChI is InChI=1S/C22H40N4O5/c23-19(27)13-12-18(22(31)26-16-8-9-17-26)24-14-6-2-1-4-10-20(28)25-15-7-3-5-11-21(29)30/h18,24H,1-17H2,(H2,23,27)(H,25,28)(H,29,30)/t18-/m0/s1. The van der Waals surface area contributed by atoms with Gasteiger partial charge in [0, 0.05) is 38.9 Å². The first-order chi connectivity index (χ1) is 14.9.